The van der Waals surface area contributed by atoms with Crippen LogP contribution < -0.4 is 0 Å². The molecule has 17 unspecified atom stereocenters. The maximum Gasteiger partial charge on any atom is 0.335 e. The van der Waals surface area contributed by atoms with Gasteiger partial charge in [-0.05, 0) is 81.4 Å². The lowest BCUT2D eigenvalue weighted by molar-refractivity contribution is -0.336. The van der Waals surface area contributed by atoms with E-state index in [0.29, 0.717) is 32.1 Å². The molecule has 0 aliphatic carbocycles. The van der Waals surface area contributed by atoms with E-state index in [1.807, 2.05) is 27.7 Å². The molecule has 5 aliphatic rings. The second-order valence-electron chi connectivity index (χ2n) is 18.9. The van der Waals surface area contributed by atoms with Crippen molar-refractivity contribution >= 4 is 11.8 Å². The summed E-state index contributed by atoms with van der Waals surface area (Å²) in [7, 11) is 1.62. The fourth-order valence-corrected chi connectivity index (χ4v) is 11.3. The van der Waals surface area contributed by atoms with Crippen LogP contribution in [0.2, 0.25) is 0 Å². The third-order valence-corrected chi connectivity index (χ3v) is 15.0. The molecule has 12 heteroatoms. The summed E-state index contributed by atoms with van der Waals surface area (Å²) in [6.45, 7) is 16.0. The molecule has 322 valence electrons. The van der Waals surface area contributed by atoms with Gasteiger partial charge in [-0.3, -0.25) is 4.79 Å². The minimum absolute atomic E-state index is 0.0474. The second-order valence-corrected chi connectivity index (χ2v) is 18.9. The van der Waals surface area contributed by atoms with Crippen molar-refractivity contribution in [3.63, 3.8) is 0 Å². The molecular weight excluding hydrogens is 732 g/mol. The van der Waals surface area contributed by atoms with Crippen LogP contribution in [-0.4, -0.2) is 111 Å². The van der Waals surface area contributed by atoms with Crippen molar-refractivity contribution in [2.45, 2.75) is 185 Å². The molecule has 5 heterocycles. The summed E-state index contributed by atoms with van der Waals surface area (Å²) in [4.78, 5) is 24.8. The summed E-state index contributed by atoms with van der Waals surface area (Å²) >= 11 is 0. The molecule has 1 spiro atoms. The Labute approximate surface area is 339 Å². The molecule has 0 radical (unpaired) electrons. The Morgan fingerprint density at radius 2 is 1.68 bits per heavy atom. The zero-order valence-corrected chi connectivity index (χ0v) is 35.6. The topological polar surface area (TPSA) is 170 Å². The van der Waals surface area contributed by atoms with Gasteiger partial charge in [-0.2, -0.15) is 0 Å². The van der Waals surface area contributed by atoms with E-state index in [9.17, 15) is 30.0 Å². The number of ketones is 1. The van der Waals surface area contributed by atoms with Crippen LogP contribution in [0.5, 0.6) is 0 Å². The number of carbonyl (C=O) groups excluding carboxylic acids is 1. The molecule has 4 N–H and O–H groups in total. The van der Waals surface area contributed by atoms with Crippen molar-refractivity contribution in [3.8, 4) is 0 Å². The lowest BCUT2D eigenvalue weighted by Gasteiger charge is -2.49. The largest absolute Gasteiger partial charge is 0.478 e. The summed E-state index contributed by atoms with van der Waals surface area (Å²) in [6, 6.07) is 6.61. The third kappa shape index (κ3) is 8.64. The Bertz CT molecular complexity index is 1550. The molecular formula is C45H70O12. The van der Waals surface area contributed by atoms with Gasteiger partial charge >= 0.3 is 5.97 Å². The van der Waals surface area contributed by atoms with Crippen LogP contribution in [0.1, 0.15) is 129 Å². The van der Waals surface area contributed by atoms with Gasteiger partial charge in [-0.15, -0.1) is 0 Å². The van der Waals surface area contributed by atoms with Gasteiger partial charge in [0.25, 0.3) is 0 Å². The lowest BCUT2D eigenvalue weighted by atomic mass is 9.77. The molecule has 5 aliphatic heterocycles. The first-order valence-electron chi connectivity index (χ1n) is 21.6. The fraction of sp³-hybridized carbons (Fsp3) is 0.822. The van der Waals surface area contributed by atoms with E-state index in [2.05, 4.69) is 27.7 Å². The zero-order chi connectivity index (χ0) is 41.7. The van der Waals surface area contributed by atoms with Crippen LogP contribution in [0.3, 0.4) is 0 Å². The van der Waals surface area contributed by atoms with Crippen molar-refractivity contribution in [3.05, 3.63) is 35.4 Å². The minimum Gasteiger partial charge on any atom is -0.478 e. The second kappa shape index (κ2) is 17.2. The number of ether oxygens (including phenoxy) is 6. The Balaban J connectivity index is 1.10. The Hall–Kier alpha value is -2.00. The summed E-state index contributed by atoms with van der Waals surface area (Å²) in [5.41, 5.74) is -0.0737. The highest BCUT2D eigenvalue weighted by molar-refractivity contribution is 5.87. The highest BCUT2D eigenvalue weighted by Crippen LogP contribution is 2.55. The van der Waals surface area contributed by atoms with Gasteiger partial charge in [0.15, 0.2) is 11.6 Å². The van der Waals surface area contributed by atoms with Gasteiger partial charge in [-0.1, -0.05) is 60.6 Å². The van der Waals surface area contributed by atoms with Crippen molar-refractivity contribution in [2.24, 2.45) is 35.5 Å². The smallest absolute Gasteiger partial charge is 0.335 e. The number of aromatic carboxylic acids is 1. The summed E-state index contributed by atoms with van der Waals surface area (Å²) < 4.78 is 40.2. The number of aliphatic hydroxyl groups is 3. The maximum atomic E-state index is 13.5. The highest BCUT2D eigenvalue weighted by Gasteiger charge is 2.62. The summed E-state index contributed by atoms with van der Waals surface area (Å²) in [6.07, 6.45) is 3.83. The first kappa shape index (κ1) is 44.5. The van der Waals surface area contributed by atoms with Crippen molar-refractivity contribution < 1.29 is 58.4 Å². The van der Waals surface area contributed by atoms with E-state index < -0.39 is 59.6 Å². The SMILES string of the molecule is CCC1(C2OC(C3OC(O)(CO)C(C)CC3C)CC2C)CCC(C2(C)CCC3(CC(O)C(C)C(C(C)C(OC)C(C)C(=O)CCc4ccc(C(=O)O)cc4)O3)O2)O1. The number of aliphatic hydroxyl groups excluding tert-OH is 2. The lowest BCUT2D eigenvalue weighted by Crippen LogP contribution is -2.57. The predicted molar refractivity (Wildman–Crippen MR) is 211 cm³/mol. The molecule has 6 rings (SSSR count). The van der Waals surface area contributed by atoms with Crippen LogP contribution >= 0.6 is 0 Å². The van der Waals surface area contributed by atoms with E-state index >= 15 is 0 Å². The van der Waals surface area contributed by atoms with Crippen LogP contribution in [0, 0.1) is 35.5 Å². The highest BCUT2D eigenvalue weighted by atomic mass is 16.7. The number of Topliss-reactive ketones (excluding diaryl/α,β-unsaturated/α-hetero) is 1. The molecule has 0 aromatic heterocycles. The van der Waals surface area contributed by atoms with Gasteiger partial charge in [0.2, 0.25) is 0 Å². The molecule has 0 amide bonds. The summed E-state index contributed by atoms with van der Waals surface area (Å²) in [5.74, 6) is -4.23. The molecule has 5 fully saturated rings. The number of carbonyl (C=O) groups is 2. The Kier molecular flexibility index (Phi) is 13.4. The Morgan fingerprint density at radius 1 is 0.982 bits per heavy atom. The molecule has 5 saturated heterocycles. The number of hydrogen-bond acceptors (Lipinski definition) is 11. The van der Waals surface area contributed by atoms with Gasteiger partial charge in [0.1, 0.15) is 5.78 Å². The number of carboxylic acid groups (broad SMARTS) is 1. The predicted octanol–water partition coefficient (Wildman–Crippen LogP) is 6.09. The third-order valence-electron chi connectivity index (χ3n) is 15.0. The van der Waals surface area contributed by atoms with Gasteiger partial charge in [0, 0.05) is 50.0 Å². The first-order valence-corrected chi connectivity index (χ1v) is 21.6. The minimum atomic E-state index is -1.58. The average molecular weight is 803 g/mol. The monoisotopic (exact) mass is 802 g/mol. The number of carboxylic acids is 1. The number of benzene rings is 1. The van der Waals surface area contributed by atoms with Crippen LogP contribution in [0.4, 0.5) is 0 Å². The number of methoxy groups -OCH3 is 1. The quantitative estimate of drug-likeness (QED) is 0.171. The normalized spacial score (nSPS) is 43.9. The van der Waals surface area contributed by atoms with Gasteiger partial charge in [0.05, 0.1) is 66.1 Å². The number of rotatable bonds is 14. The number of hydrogen-bond donors (Lipinski definition) is 4. The molecule has 1 aromatic carbocycles. The van der Waals surface area contributed by atoms with E-state index in [0.717, 1.165) is 37.7 Å². The molecule has 12 nitrogen and oxygen atoms in total. The van der Waals surface area contributed by atoms with Gasteiger partial charge < -0.3 is 48.8 Å². The van der Waals surface area contributed by atoms with Gasteiger partial charge in [-0.25, -0.2) is 4.79 Å². The van der Waals surface area contributed by atoms with E-state index in [-0.39, 0.29) is 65.4 Å². The molecule has 57 heavy (non-hydrogen) atoms. The van der Waals surface area contributed by atoms with E-state index in [1.165, 1.54) is 0 Å². The van der Waals surface area contributed by atoms with Crippen molar-refractivity contribution in [2.75, 3.05) is 13.7 Å². The Morgan fingerprint density at radius 3 is 2.32 bits per heavy atom. The summed E-state index contributed by atoms with van der Waals surface area (Å²) in [5, 5.41) is 41.8. The average Bonchev–Trinajstić information content (AvgIpc) is 3.90. The molecule has 0 bridgehead atoms. The fourth-order valence-electron chi connectivity index (χ4n) is 11.3. The first-order chi connectivity index (χ1) is 26.8. The molecule has 1 aromatic rings. The zero-order valence-electron chi connectivity index (χ0n) is 35.6. The molecule has 17 atom stereocenters. The van der Waals surface area contributed by atoms with Crippen LogP contribution in [0.25, 0.3) is 0 Å². The standard InChI is InChI=1S/C45H70O12/c1-10-43(40-26(3)22-35(53-40)37-25(2)21-27(4)45(51,24-46)56-37)18-17-36(54-43)42(8)19-20-44(57-42)23-34(48)29(6)39(55-44)30(7)38(52-9)28(5)33(47)16-13-31-11-14-32(15-12-31)41(49)50/h11-12,14-15,25-30,34-40,46,48,51H,10,13,16-24H2,1-9H3,(H,49,50). The van der Waals surface area contributed by atoms with Crippen LogP contribution in [-0.2, 0) is 39.6 Å². The van der Waals surface area contributed by atoms with Crippen molar-refractivity contribution in [1.82, 2.24) is 0 Å². The maximum absolute atomic E-state index is 13.5. The number of aryl methyl sites for hydroxylation is 1. The van der Waals surface area contributed by atoms with Crippen molar-refractivity contribution in [1.29, 1.82) is 0 Å². The van der Waals surface area contributed by atoms with E-state index in [1.54, 1.807) is 31.4 Å². The van der Waals surface area contributed by atoms with Crippen LogP contribution in [0.15, 0.2) is 24.3 Å². The molecule has 0 saturated carbocycles. The van der Waals surface area contributed by atoms with E-state index in [4.69, 9.17) is 28.4 Å².